The molecule has 1 atom stereocenters. The lowest BCUT2D eigenvalue weighted by Crippen LogP contribution is -2.23. The third-order valence-electron chi connectivity index (χ3n) is 4.94. The molecule has 0 saturated carbocycles. The molecule has 3 aromatic rings. The van der Waals surface area contributed by atoms with E-state index in [9.17, 15) is 13.2 Å². The minimum atomic E-state index is -3.72. The Morgan fingerprint density at radius 1 is 1.13 bits per heavy atom. The van der Waals surface area contributed by atoms with Crippen LogP contribution in [0.3, 0.4) is 0 Å². The van der Waals surface area contributed by atoms with Crippen LogP contribution in [0.4, 0.5) is 5.69 Å². The lowest BCUT2D eigenvalue weighted by molar-refractivity contribution is -0.116. The average molecular weight is 442 g/mol. The topological polar surface area (TPSA) is 72.5 Å². The average Bonchev–Trinajstić information content (AvgIpc) is 3.17. The highest BCUT2D eigenvalue weighted by molar-refractivity contribution is 7.91. The number of ether oxygens (including phenoxy) is 1. The predicted octanol–water partition coefficient (Wildman–Crippen LogP) is 5.09. The first-order valence-corrected chi connectivity index (χ1v) is 12.2. The molecule has 2 aromatic carbocycles. The van der Waals surface area contributed by atoms with Crippen LogP contribution >= 0.6 is 11.3 Å². The molecule has 2 heterocycles. The Bertz CT molecular complexity index is 1170. The lowest BCUT2D eigenvalue weighted by atomic mass is 9.90. The van der Waals surface area contributed by atoms with Gasteiger partial charge in [0, 0.05) is 22.6 Å². The molecule has 1 aliphatic rings. The maximum absolute atomic E-state index is 13.2. The van der Waals surface area contributed by atoms with E-state index >= 15 is 0 Å². The molecule has 0 aliphatic carbocycles. The van der Waals surface area contributed by atoms with Crippen LogP contribution in [-0.2, 0) is 14.6 Å². The Morgan fingerprint density at radius 2 is 1.90 bits per heavy atom. The number of carbonyl (C=O) groups is 1. The molecular weight excluding hydrogens is 418 g/mol. The second kappa shape index (κ2) is 8.24. The van der Waals surface area contributed by atoms with Crippen molar-refractivity contribution in [1.29, 1.82) is 0 Å². The fourth-order valence-electron chi connectivity index (χ4n) is 3.48. The van der Waals surface area contributed by atoms with Crippen molar-refractivity contribution in [3.05, 3.63) is 70.4 Å². The van der Waals surface area contributed by atoms with Gasteiger partial charge in [-0.3, -0.25) is 4.79 Å². The summed E-state index contributed by atoms with van der Waals surface area (Å²) in [5.74, 6) is 0.760. The first-order valence-electron chi connectivity index (χ1n) is 9.80. The van der Waals surface area contributed by atoms with Gasteiger partial charge in [0.15, 0.2) is 0 Å². The largest absolute Gasteiger partial charge is 0.493 e. The smallest absolute Gasteiger partial charge is 0.225 e. The molecule has 0 saturated heterocycles. The molecule has 0 spiro atoms. The van der Waals surface area contributed by atoms with E-state index in [1.54, 1.807) is 35.7 Å². The van der Waals surface area contributed by atoms with Gasteiger partial charge >= 0.3 is 0 Å². The first-order chi connectivity index (χ1) is 14.4. The minimum Gasteiger partial charge on any atom is -0.493 e. The number of hydrogen-bond acceptors (Lipinski definition) is 5. The summed E-state index contributed by atoms with van der Waals surface area (Å²) in [6, 6.07) is 16.0. The Labute approximate surface area is 180 Å². The van der Waals surface area contributed by atoms with Gasteiger partial charge in [0.1, 0.15) is 10.6 Å². The number of amides is 1. The first kappa shape index (κ1) is 20.6. The number of nitrogens with one attached hydrogen (secondary N) is 1. The van der Waals surface area contributed by atoms with Crippen LogP contribution in [0.2, 0.25) is 0 Å². The monoisotopic (exact) mass is 441 g/mol. The van der Waals surface area contributed by atoms with Gasteiger partial charge in [0.05, 0.1) is 17.2 Å². The summed E-state index contributed by atoms with van der Waals surface area (Å²) in [5.41, 5.74) is 1.34. The van der Waals surface area contributed by atoms with Crippen LogP contribution in [0.15, 0.2) is 69.8 Å². The molecule has 30 heavy (non-hydrogen) atoms. The fourth-order valence-corrected chi connectivity index (χ4v) is 6.41. The number of fused-ring (bicyclic) bond motifs is 1. The van der Waals surface area contributed by atoms with Gasteiger partial charge in [-0.2, -0.15) is 0 Å². The molecule has 4 rings (SSSR count). The number of benzene rings is 2. The fraction of sp³-hybridized carbons (Fsp3) is 0.261. The third kappa shape index (κ3) is 4.00. The lowest BCUT2D eigenvalue weighted by Gasteiger charge is -2.24. The molecule has 156 valence electrons. The Morgan fingerprint density at radius 3 is 2.63 bits per heavy atom. The molecule has 1 amide bonds. The molecule has 0 unspecified atom stereocenters. The molecule has 0 radical (unpaired) electrons. The van der Waals surface area contributed by atoms with Crippen molar-refractivity contribution in [2.75, 3.05) is 11.9 Å². The van der Waals surface area contributed by atoms with Crippen LogP contribution < -0.4 is 10.1 Å². The van der Waals surface area contributed by atoms with Crippen LogP contribution in [0, 0.1) is 5.92 Å². The Hall–Kier alpha value is -2.64. The summed E-state index contributed by atoms with van der Waals surface area (Å²) in [7, 11) is -3.72. The number of carbonyl (C=O) groups excluding carboxylic acids is 1. The van der Waals surface area contributed by atoms with Crippen molar-refractivity contribution in [2.45, 2.75) is 36.0 Å². The maximum atomic E-state index is 13.2. The second-order valence-electron chi connectivity index (χ2n) is 7.74. The molecule has 0 bridgehead atoms. The van der Waals surface area contributed by atoms with Crippen molar-refractivity contribution in [2.24, 2.45) is 5.92 Å². The van der Waals surface area contributed by atoms with E-state index in [2.05, 4.69) is 19.2 Å². The third-order valence-corrected chi connectivity index (χ3v) is 7.98. The van der Waals surface area contributed by atoms with E-state index in [1.807, 2.05) is 24.3 Å². The highest BCUT2D eigenvalue weighted by atomic mass is 32.2. The highest BCUT2D eigenvalue weighted by Gasteiger charge is 2.34. The van der Waals surface area contributed by atoms with Gasteiger partial charge in [0.2, 0.25) is 15.7 Å². The van der Waals surface area contributed by atoms with Crippen molar-refractivity contribution in [3.63, 3.8) is 0 Å². The summed E-state index contributed by atoms with van der Waals surface area (Å²) in [4.78, 5) is 13.7. The molecule has 7 heteroatoms. The van der Waals surface area contributed by atoms with Crippen molar-refractivity contribution in [1.82, 2.24) is 0 Å². The van der Waals surface area contributed by atoms with Gasteiger partial charge in [-0.05, 0) is 35.7 Å². The van der Waals surface area contributed by atoms with E-state index in [-0.39, 0.29) is 28.0 Å². The molecule has 1 N–H and O–H groups in total. The van der Waals surface area contributed by atoms with Crippen LogP contribution in [0.1, 0.15) is 36.6 Å². The summed E-state index contributed by atoms with van der Waals surface area (Å²) in [6.45, 7) is 4.78. The minimum absolute atomic E-state index is 0.152. The Kier molecular flexibility index (Phi) is 5.66. The summed E-state index contributed by atoms with van der Waals surface area (Å²) in [5, 5.41) is 4.43. The number of thiophene rings is 1. The zero-order chi connectivity index (χ0) is 21.3. The van der Waals surface area contributed by atoms with Crippen LogP contribution in [0.25, 0.3) is 0 Å². The predicted molar refractivity (Wildman–Crippen MR) is 118 cm³/mol. The quantitative estimate of drug-likeness (QED) is 0.578. The van der Waals surface area contributed by atoms with Crippen LogP contribution in [-0.4, -0.2) is 20.9 Å². The van der Waals surface area contributed by atoms with E-state index in [0.717, 1.165) is 16.2 Å². The highest BCUT2D eigenvalue weighted by Crippen LogP contribution is 2.46. The summed E-state index contributed by atoms with van der Waals surface area (Å²) >= 11 is 1.37. The van der Waals surface area contributed by atoms with Gasteiger partial charge in [-0.25, -0.2) is 8.42 Å². The SMILES string of the molecule is CC(C)COc1cccc([C@@H]2CC(=O)Nc3c(S(=O)(=O)c4ccccc4)csc32)c1. The van der Waals surface area contributed by atoms with Crippen molar-refractivity contribution in [3.8, 4) is 5.75 Å². The second-order valence-corrected chi connectivity index (χ2v) is 10.6. The molecule has 1 aromatic heterocycles. The zero-order valence-corrected chi connectivity index (χ0v) is 18.4. The number of rotatable bonds is 6. The maximum Gasteiger partial charge on any atom is 0.225 e. The Balaban J connectivity index is 1.73. The zero-order valence-electron chi connectivity index (χ0n) is 16.8. The molecule has 5 nitrogen and oxygen atoms in total. The van der Waals surface area contributed by atoms with Crippen LogP contribution in [0.5, 0.6) is 5.75 Å². The van der Waals surface area contributed by atoms with Gasteiger partial charge in [-0.1, -0.05) is 44.2 Å². The van der Waals surface area contributed by atoms with E-state index in [1.165, 1.54) is 11.3 Å². The van der Waals surface area contributed by atoms with Crippen molar-refractivity contribution >= 4 is 32.8 Å². The number of hydrogen-bond donors (Lipinski definition) is 1. The van der Waals surface area contributed by atoms with E-state index < -0.39 is 9.84 Å². The normalized spacial score (nSPS) is 16.2. The molecular formula is C23H23NO4S2. The van der Waals surface area contributed by atoms with Crippen molar-refractivity contribution < 1.29 is 17.9 Å². The molecule has 1 aliphatic heterocycles. The standard InChI is InChI=1S/C23H23NO4S2/c1-15(2)13-28-17-8-6-7-16(11-17)19-12-21(25)24-22-20(14-29-23(19)22)30(26,27)18-9-4-3-5-10-18/h3-11,14-15,19H,12-13H2,1-2H3,(H,24,25)/t19-/m0/s1. The summed E-state index contributed by atoms with van der Waals surface area (Å²) < 4.78 is 32.1. The van der Waals surface area contributed by atoms with Gasteiger partial charge in [-0.15, -0.1) is 11.3 Å². The van der Waals surface area contributed by atoms with Gasteiger partial charge in [0.25, 0.3) is 0 Å². The number of sulfone groups is 1. The van der Waals surface area contributed by atoms with E-state index in [0.29, 0.717) is 18.2 Å². The summed E-state index contributed by atoms with van der Waals surface area (Å²) in [6.07, 6.45) is 0.270. The molecule has 0 fully saturated rings. The van der Waals surface area contributed by atoms with Gasteiger partial charge < -0.3 is 10.1 Å². The van der Waals surface area contributed by atoms with E-state index in [4.69, 9.17) is 4.74 Å². The number of anilines is 1.